The minimum absolute atomic E-state index is 0.00101. The first kappa shape index (κ1) is 36.1. The molecule has 0 saturated carbocycles. The Hall–Kier alpha value is -3.77. The van der Waals surface area contributed by atoms with Crippen LogP contribution in [-0.2, 0) is 21.9 Å². The molecular formula is C39H46N4O2S2. The summed E-state index contributed by atoms with van der Waals surface area (Å²) in [6.07, 6.45) is 3.07. The molecule has 0 heterocycles. The minimum atomic E-state index is -0.282. The first-order valence-corrected chi connectivity index (χ1v) is 18.1. The Balaban J connectivity index is 1.51. The molecule has 0 unspecified atom stereocenters. The van der Waals surface area contributed by atoms with Crippen molar-refractivity contribution in [2.75, 3.05) is 31.3 Å². The monoisotopic (exact) mass is 666 g/mol. The smallest absolute Gasteiger partial charge is 0.274 e. The first-order chi connectivity index (χ1) is 22.9. The molecule has 3 aromatic carbocycles. The number of hydrogen-bond acceptors (Lipinski definition) is 6. The molecule has 0 aromatic heterocycles. The van der Waals surface area contributed by atoms with Gasteiger partial charge in [-0.2, -0.15) is 12.6 Å². The highest BCUT2D eigenvalue weighted by atomic mass is 32.2. The van der Waals surface area contributed by atoms with Crippen molar-refractivity contribution in [3.05, 3.63) is 106 Å². The largest absolute Gasteiger partial charge is 0.356 e. The van der Waals surface area contributed by atoms with Crippen LogP contribution in [0.2, 0.25) is 0 Å². The van der Waals surface area contributed by atoms with Gasteiger partial charge in [0.25, 0.3) is 11.8 Å². The highest BCUT2D eigenvalue weighted by molar-refractivity contribution is 7.98. The van der Waals surface area contributed by atoms with Gasteiger partial charge in [-0.15, -0.1) is 11.8 Å². The maximum atomic E-state index is 14.2. The molecule has 0 saturated heterocycles. The fraction of sp³-hybridized carbons (Fsp3) is 0.359. The van der Waals surface area contributed by atoms with Crippen LogP contribution >= 0.6 is 24.4 Å². The van der Waals surface area contributed by atoms with Gasteiger partial charge in [-0.3, -0.25) is 14.6 Å². The lowest BCUT2D eigenvalue weighted by molar-refractivity contribution is -0.151. The molecule has 246 valence electrons. The van der Waals surface area contributed by atoms with Gasteiger partial charge in [0.2, 0.25) is 0 Å². The van der Waals surface area contributed by atoms with E-state index in [1.54, 1.807) is 11.8 Å². The topological polar surface area (TPSA) is 56.2 Å². The normalized spacial score (nSPS) is 12.5. The summed E-state index contributed by atoms with van der Waals surface area (Å²) in [5.41, 5.74) is 8.36. The number of carbonyl (C=O) groups is 2. The average molecular weight is 667 g/mol. The third-order valence-corrected chi connectivity index (χ3v) is 9.52. The summed E-state index contributed by atoms with van der Waals surface area (Å²) < 4.78 is 0. The molecule has 0 spiro atoms. The van der Waals surface area contributed by atoms with E-state index >= 15 is 0 Å². The number of benzene rings is 3. The molecule has 2 amide bonds. The zero-order chi connectivity index (χ0) is 33.6. The van der Waals surface area contributed by atoms with Crippen molar-refractivity contribution >= 4 is 42.9 Å². The fourth-order valence-corrected chi connectivity index (χ4v) is 6.78. The van der Waals surface area contributed by atoms with Gasteiger partial charge < -0.3 is 4.90 Å². The highest BCUT2D eigenvalue weighted by Crippen LogP contribution is 2.31. The number of allylic oxidation sites excluding steroid dienone is 1. The standard InChI is InChI=1S/C39H46N4O2S2/c1-5-42(6-2)43(26-32-19-23-35(24-20-32)34-21-17-31(18-22-34)10-7-8-25-46)38(44)27-41(37-12-9-11-36(37)39(45)40-4)29-47-28-33-15-13-30(3)14-16-33/h13-24,46H,4-6,8-9,11-12,25-29H2,1-3H3. The summed E-state index contributed by atoms with van der Waals surface area (Å²) in [5, 5.41) is 3.95. The summed E-state index contributed by atoms with van der Waals surface area (Å²) in [6, 6.07) is 25.2. The number of rotatable bonds is 15. The maximum absolute atomic E-state index is 14.2. The van der Waals surface area contributed by atoms with Gasteiger partial charge in [0.15, 0.2) is 0 Å². The lowest BCUT2D eigenvalue weighted by atomic mass is 10.0. The third-order valence-electron chi connectivity index (χ3n) is 8.27. The Morgan fingerprint density at radius 3 is 2.17 bits per heavy atom. The molecule has 0 N–H and O–H groups in total. The first-order valence-electron chi connectivity index (χ1n) is 16.3. The number of amides is 2. The summed E-state index contributed by atoms with van der Waals surface area (Å²) in [4.78, 5) is 32.7. The van der Waals surface area contributed by atoms with Crippen LogP contribution in [0.1, 0.15) is 61.8 Å². The molecule has 1 aliphatic rings. The van der Waals surface area contributed by atoms with Crippen LogP contribution in [0.3, 0.4) is 0 Å². The molecule has 47 heavy (non-hydrogen) atoms. The minimum Gasteiger partial charge on any atom is -0.356 e. The molecule has 6 nitrogen and oxygen atoms in total. The van der Waals surface area contributed by atoms with Gasteiger partial charge in [-0.05, 0) is 67.3 Å². The molecule has 0 fully saturated rings. The number of aryl methyl sites for hydroxylation is 1. The summed E-state index contributed by atoms with van der Waals surface area (Å²) in [7, 11) is 0. The Morgan fingerprint density at radius 2 is 1.55 bits per heavy atom. The van der Waals surface area contributed by atoms with Crippen LogP contribution in [0, 0.1) is 18.8 Å². The van der Waals surface area contributed by atoms with Crippen LogP contribution in [0.15, 0.2) is 89.1 Å². The number of thioether (sulfide) groups is 1. The van der Waals surface area contributed by atoms with Crippen molar-refractivity contribution in [3.63, 3.8) is 0 Å². The maximum Gasteiger partial charge on any atom is 0.274 e. The molecule has 1 aliphatic carbocycles. The van der Waals surface area contributed by atoms with Crippen molar-refractivity contribution in [2.24, 2.45) is 4.99 Å². The van der Waals surface area contributed by atoms with E-state index in [0.717, 1.165) is 58.7 Å². The predicted octanol–water partition coefficient (Wildman–Crippen LogP) is 7.78. The van der Waals surface area contributed by atoms with Gasteiger partial charge in [0, 0.05) is 47.8 Å². The molecule has 4 rings (SSSR count). The van der Waals surface area contributed by atoms with Crippen molar-refractivity contribution in [2.45, 2.75) is 58.8 Å². The van der Waals surface area contributed by atoms with Crippen molar-refractivity contribution in [3.8, 4) is 23.0 Å². The number of carbonyl (C=O) groups excluding carboxylic acids is 2. The van der Waals surface area contributed by atoms with E-state index in [9.17, 15) is 9.59 Å². The summed E-state index contributed by atoms with van der Waals surface area (Å²) in [5.74, 6) is 8.20. The SMILES string of the molecule is C=NC(=O)C1=C(N(CSCc2ccc(C)cc2)CC(=O)N(Cc2ccc(-c3ccc(C#CCCS)cc3)cc2)N(CC)CC)CCC1. The fourth-order valence-electron chi connectivity index (χ4n) is 5.68. The Morgan fingerprint density at radius 1 is 0.915 bits per heavy atom. The second-order valence-corrected chi connectivity index (χ2v) is 12.9. The molecule has 8 heteroatoms. The van der Waals surface area contributed by atoms with Crippen molar-refractivity contribution in [1.29, 1.82) is 0 Å². The van der Waals surface area contributed by atoms with Crippen LogP contribution < -0.4 is 0 Å². The summed E-state index contributed by atoms with van der Waals surface area (Å²) in [6.45, 7) is 11.8. The van der Waals surface area contributed by atoms with Gasteiger partial charge in [-0.25, -0.2) is 10.0 Å². The van der Waals surface area contributed by atoms with Crippen LogP contribution in [-0.4, -0.2) is 64.7 Å². The van der Waals surface area contributed by atoms with Gasteiger partial charge in [0.05, 0.1) is 19.0 Å². The van der Waals surface area contributed by atoms with E-state index in [4.69, 9.17) is 0 Å². The quantitative estimate of drug-likeness (QED) is 0.0591. The third kappa shape index (κ3) is 10.4. The lowest BCUT2D eigenvalue weighted by Gasteiger charge is -2.36. The Bertz CT molecular complexity index is 1590. The van der Waals surface area contributed by atoms with E-state index in [-0.39, 0.29) is 18.4 Å². The second kappa shape index (κ2) is 18.5. The number of hydrogen-bond donors (Lipinski definition) is 1. The Labute approximate surface area is 290 Å². The van der Waals surface area contributed by atoms with Gasteiger partial charge in [-0.1, -0.05) is 91.9 Å². The molecule has 0 atom stereocenters. The van der Waals surface area contributed by atoms with E-state index in [1.165, 1.54) is 11.1 Å². The second-order valence-electron chi connectivity index (χ2n) is 11.5. The van der Waals surface area contributed by atoms with Gasteiger partial charge >= 0.3 is 0 Å². The van der Waals surface area contributed by atoms with Crippen molar-refractivity contribution < 1.29 is 9.59 Å². The lowest BCUT2D eigenvalue weighted by Crippen LogP contribution is -2.49. The van der Waals surface area contributed by atoms with Gasteiger partial charge in [0.1, 0.15) is 0 Å². The van der Waals surface area contributed by atoms with Crippen LogP contribution in [0.5, 0.6) is 0 Å². The van der Waals surface area contributed by atoms with Crippen molar-refractivity contribution in [1.82, 2.24) is 14.9 Å². The molecule has 0 radical (unpaired) electrons. The van der Waals surface area contributed by atoms with Crippen LogP contribution in [0.4, 0.5) is 0 Å². The van der Waals surface area contributed by atoms with Crippen LogP contribution in [0.25, 0.3) is 11.1 Å². The Kier molecular flexibility index (Phi) is 14.2. The zero-order valence-corrected chi connectivity index (χ0v) is 29.6. The average Bonchev–Trinajstić information content (AvgIpc) is 3.59. The van der Waals surface area contributed by atoms with E-state index in [1.807, 2.05) is 17.1 Å². The highest BCUT2D eigenvalue weighted by Gasteiger charge is 2.28. The number of hydrazine groups is 1. The number of aliphatic imine (C=N–C) groups is 1. The molecular weight excluding hydrogens is 621 g/mol. The van der Waals surface area contributed by atoms with E-state index in [0.29, 0.717) is 37.5 Å². The summed E-state index contributed by atoms with van der Waals surface area (Å²) >= 11 is 5.97. The molecule has 3 aromatic rings. The number of nitrogens with zero attached hydrogens (tertiary/aromatic N) is 4. The zero-order valence-electron chi connectivity index (χ0n) is 27.9. The molecule has 0 aliphatic heterocycles. The number of thiol groups is 1. The van der Waals surface area contributed by atoms with E-state index in [2.05, 4.69) is 128 Å². The predicted molar refractivity (Wildman–Crippen MR) is 200 cm³/mol. The molecule has 0 bridgehead atoms. The van der Waals surface area contributed by atoms with E-state index < -0.39 is 0 Å².